The normalized spacial score (nSPS) is 19.1. The van der Waals surface area contributed by atoms with Crippen LogP contribution in [0.3, 0.4) is 0 Å². The van der Waals surface area contributed by atoms with Gasteiger partial charge in [-0.1, -0.05) is 5.16 Å². The molecule has 4 rings (SSSR count). The Labute approximate surface area is 154 Å². The summed E-state index contributed by atoms with van der Waals surface area (Å²) in [7, 11) is 0. The molecule has 0 spiro atoms. The Kier molecular flexibility index (Phi) is 3.98. The molecule has 0 bridgehead atoms. The second-order valence-corrected chi connectivity index (χ2v) is 7.01. The molecule has 27 heavy (non-hydrogen) atoms. The average Bonchev–Trinajstić information content (AvgIpc) is 3.11. The van der Waals surface area contributed by atoms with E-state index in [-0.39, 0.29) is 17.7 Å². The van der Waals surface area contributed by atoms with Crippen LogP contribution in [0, 0.1) is 26.7 Å². The van der Waals surface area contributed by atoms with Gasteiger partial charge in [0.05, 0.1) is 28.3 Å². The van der Waals surface area contributed by atoms with E-state index < -0.39 is 11.9 Å². The van der Waals surface area contributed by atoms with Gasteiger partial charge in [0.15, 0.2) is 0 Å². The number of carboxylic acid groups (broad SMARTS) is 1. The van der Waals surface area contributed by atoms with Crippen LogP contribution in [0.25, 0.3) is 22.4 Å². The number of furan rings is 1. The number of aliphatic carboxylic acids is 1. The van der Waals surface area contributed by atoms with E-state index in [9.17, 15) is 9.59 Å². The van der Waals surface area contributed by atoms with Crippen LogP contribution in [-0.2, 0) is 4.79 Å². The molecule has 3 heterocycles. The smallest absolute Gasteiger partial charge is 0.306 e. The third-order valence-corrected chi connectivity index (χ3v) is 5.00. The van der Waals surface area contributed by atoms with Crippen molar-refractivity contribution in [1.82, 2.24) is 15.5 Å². The first-order chi connectivity index (χ1) is 12.8. The SMILES string of the molecule is Cc1cc(-c2cc(C(=O)NC3CC(C(=O)O)C3)c3c(C)noc3n2)c(C)o1. The van der Waals surface area contributed by atoms with Gasteiger partial charge in [-0.15, -0.1) is 0 Å². The van der Waals surface area contributed by atoms with Crippen LogP contribution < -0.4 is 5.32 Å². The van der Waals surface area contributed by atoms with Gasteiger partial charge in [-0.2, -0.15) is 0 Å². The van der Waals surface area contributed by atoms with E-state index in [1.165, 1.54) is 0 Å². The zero-order valence-electron chi connectivity index (χ0n) is 15.2. The monoisotopic (exact) mass is 369 g/mol. The number of carbonyl (C=O) groups is 2. The maximum absolute atomic E-state index is 12.9. The van der Waals surface area contributed by atoms with Gasteiger partial charge in [-0.3, -0.25) is 9.59 Å². The van der Waals surface area contributed by atoms with Gasteiger partial charge in [0, 0.05) is 11.6 Å². The summed E-state index contributed by atoms with van der Waals surface area (Å²) < 4.78 is 10.9. The quantitative estimate of drug-likeness (QED) is 0.725. The summed E-state index contributed by atoms with van der Waals surface area (Å²) in [6, 6.07) is 3.41. The molecular formula is C19H19N3O5. The lowest BCUT2D eigenvalue weighted by molar-refractivity contribution is -0.145. The summed E-state index contributed by atoms with van der Waals surface area (Å²) in [6.07, 6.45) is 0.871. The Balaban J connectivity index is 1.70. The molecular weight excluding hydrogens is 350 g/mol. The Morgan fingerprint density at radius 2 is 1.96 bits per heavy atom. The van der Waals surface area contributed by atoms with E-state index in [1.807, 2.05) is 19.9 Å². The highest BCUT2D eigenvalue weighted by molar-refractivity contribution is 6.07. The first-order valence-electron chi connectivity index (χ1n) is 8.71. The number of carboxylic acids is 1. The minimum atomic E-state index is -0.824. The summed E-state index contributed by atoms with van der Waals surface area (Å²) in [4.78, 5) is 28.3. The van der Waals surface area contributed by atoms with Crippen LogP contribution >= 0.6 is 0 Å². The maximum atomic E-state index is 12.9. The van der Waals surface area contributed by atoms with Crippen molar-refractivity contribution in [3.8, 4) is 11.3 Å². The lowest BCUT2D eigenvalue weighted by Gasteiger charge is -2.32. The van der Waals surface area contributed by atoms with E-state index in [1.54, 1.807) is 13.0 Å². The number of nitrogens with zero attached hydrogens (tertiary/aromatic N) is 2. The molecule has 8 heteroatoms. The Morgan fingerprint density at radius 3 is 2.59 bits per heavy atom. The number of pyridine rings is 1. The van der Waals surface area contributed by atoms with Crippen molar-refractivity contribution in [3.05, 3.63) is 34.9 Å². The van der Waals surface area contributed by atoms with Crippen LogP contribution in [0.1, 0.15) is 40.4 Å². The topological polar surface area (TPSA) is 118 Å². The number of fused-ring (bicyclic) bond motifs is 1. The van der Waals surface area contributed by atoms with E-state index in [0.29, 0.717) is 40.9 Å². The molecule has 0 aromatic carbocycles. The number of aryl methyl sites for hydroxylation is 3. The standard InChI is InChI=1S/C19H19N3O5/c1-8-4-13(10(3)26-8)15-7-14(16-9(2)22-27-18(16)21-15)17(23)20-12-5-11(6-12)19(24)25/h4,7,11-12H,5-6H2,1-3H3,(H,20,23)(H,24,25). The predicted octanol–water partition coefficient (Wildman–Crippen LogP) is 3.00. The third kappa shape index (κ3) is 2.97. The van der Waals surface area contributed by atoms with Gasteiger partial charge >= 0.3 is 5.97 Å². The summed E-state index contributed by atoms with van der Waals surface area (Å²) in [5.74, 6) is -0.0581. The van der Waals surface area contributed by atoms with E-state index in [2.05, 4.69) is 15.5 Å². The Hall–Kier alpha value is -3.16. The molecule has 0 radical (unpaired) electrons. The van der Waals surface area contributed by atoms with Crippen molar-refractivity contribution in [2.24, 2.45) is 5.92 Å². The minimum Gasteiger partial charge on any atom is -0.481 e. The van der Waals surface area contributed by atoms with Gasteiger partial charge in [0.1, 0.15) is 11.5 Å². The van der Waals surface area contributed by atoms with Crippen molar-refractivity contribution in [2.45, 2.75) is 39.7 Å². The zero-order valence-corrected chi connectivity index (χ0v) is 15.2. The van der Waals surface area contributed by atoms with Gasteiger partial charge in [-0.05, 0) is 45.7 Å². The molecule has 140 valence electrons. The van der Waals surface area contributed by atoms with Gasteiger partial charge in [0.25, 0.3) is 11.6 Å². The average molecular weight is 369 g/mol. The molecule has 1 saturated carbocycles. The van der Waals surface area contributed by atoms with Crippen molar-refractivity contribution in [2.75, 3.05) is 0 Å². The largest absolute Gasteiger partial charge is 0.481 e. The van der Waals surface area contributed by atoms with Crippen LogP contribution in [0.2, 0.25) is 0 Å². The fourth-order valence-electron chi connectivity index (χ4n) is 3.50. The molecule has 1 aliphatic rings. The van der Waals surface area contributed by atoms with Crippen LogP contribution in [0.15, 0.2) is 21.1 Å². The summed E-state index contributed by atoms with van der Waals surface area (Å²) in [6.45, 7) is 5.43. The molecule has 0 saturated heterocycles. The Morgan fingerprint density at radius 1 is 1.22 bits per heavy atom. The molecule has 2 N–H and O–H groups in total. The van der Waals surface area contributed by atoms with E-state index in [0.717, 1.165) is 11.3 Å². The molecule has 1 aliphatic carbocycles. The molecule has 0 unspecified atom stereocenters. The number of carbonyl (C=O) groups excluding carboxylic acids is 1. The zero-order chi connectivity index (χ0) is 19.3. The summed E-state index contributed by atoms with van der Waals surface area (Å²) >= 11 is 0. The lowest BCUT2D eigenvalue weighted by atomic mass is 9.80. The lowest BCUT2D eigenvalue weighted by Crippen LogP contribution is -2.46. The molecule has 1 fully saturated rings. The Bertz CT molecular complexity index is 1060. The first kappa shape index (κ1) is 17.3. The number of rotatable bonds is 4. The van der Waals surface area contributed by atoms with Crippen LogP contribution in [-0.4, -0.2) is 33.2 Å². The van der Waals surface area contributed by atoms with Gasteiger partial charge in [-0.25, -0.2) is 4.98 Å². The van der Waals surface area contributed by atoms with Crippen LogP contribution in [0.4, 0.5) is 0 Å². The van der Waals surface area contributed by atoms with Crippen molar-refractivity contribution >= 4 is 23.0 Å². The molecule has 0 aliphatic heterocycles. The number of hydrogen-bond donors (Lipinski definition) is 2. The molecule has 1 amide bonds. The highest BCUT2D eigenvalue weighted by Gasteiger charge is 2.36. The minimum absolute atomic E-state index is 0.150. The van der Waals surface area contributed by atoms with Gasteiger partial charge in [0.2, 0.25) is 0 Å². The van der Waals surface area contributed by atoms with E-state index in [4.69, 9.17) is 14.0 Å². The predicted molar refractivity (Wildman–Crippen MR) is 95.3 cm³/mol. The number of aromatic nitrogens is 2. The maximum Gasteiger partial charge on any atom is 0.306 e. The first-order valence-corrected chi connectivity index (χ1v) is 8.71. The van der Waals surface area contributed by atoms with Crippen molar-refractivity contribution < 1.29 is 23.6 Å². The highest BCUT2D eigenvalue weighted by Crippen LogP contribution is 2.32. The fourth-order valence-corrected chi connectivity index (χ4v) is 3.50. The number of amides is 1. The molecule has 3 aromatic rings. The highest BCUT2D eigenvalue weighted by atomic mass is 16.5. The van der Waals surface area contributed by atoms with E-state index >= 15 is 0 Å². The van der Waals surface area contributed by atoms with Gasteiger partial charge < -0.3 is 19.4 Å². The molecule has 8 nitrogen and oxygen atoms in total. The third-order valence-electron chi connectivity index (χ3n) is 5.00. The second-order valence-electron chi connectivity index (χ2n) is 7.01. The summed E-state index contributed by atoms with van der Waals surface area (Å²) in [5, 5.41) is 16.4. The number of hydrogen-bond acceptors (Lipinski definition) is 6. The fraction of sp³-hybridized carbons (Fsp3) is 0.368. The molecule has 3 aromatic heterocycles. The van der Waals surface area contributed by atoms with Crippen molar-refractivity contribution in [3.63, 3.8) is 0 Å². The van der Waals surface area contributed by atoms with Crippen molar-refractivity contribution in [1.29, 1.82) is 0 Å². The summed E-state index contributed by atoms with van der Waals surface area (Å²) in [5.41, 5.74) is 2.62. The van der Waals surface area contributed by atoms with Crippen LogP contribution in [0.5, 0.6) is 0 Å². The second kappa shape index (κ2) is 6.22. The molecule has 0 atom stereocenters. The number of nitrogens with one attached hydrogen (secondary N) is 1.